The summed E-state index contributed by atoms with van der Waals surface area (Å²) < 4.78 is 0. The Morgan fingerprint density at radius 2 is 2.11 bits per heavy atom. The lowest BCUT2D eigenvalue weighted by Crippen LogP contribution is -2.40. The van der Waals surface area contributed by atoms with E-state index in [2.05, 4.69) is 4.84 Å². The molecule has 0 bridgehead atoms. The Bertz CT molecular complexity index is 105. The highest BCUT2D eigenvalue weighted by atomic mass is 35.5. The molecule has 3 N–H and O–H groups in total. The standard InChI is InChI=1S/C5H11ClN2O/c1-3(2)4(8-6)5(7)9/h3-4,8H,1-2H3,(H2,7,9). The van der Waals surface area contributed by atoms with Crippen molar-refractivity contribution in [2.45, 2.75) is 19.9 Å². The average Bonchev–Trinajstić information content (AvgIpc) is 1.64. The van der Waals surface area contributed by atoms with Crippen LogP contribution in [-0.4, -0.2) is 11.9 Å². The Balaban J connectivity index is 3.83. The smallest absolute Gasteiger partial charge is 0.236 e. The van der Waals surface area contributed by atoms with E-state index in [1.165, 1.54) is 0 Å². The summed E-state index contributed by atoms with van der Waals surface area (Å²) in [5.41, 5.74) is 4.96. The Kier molecular flexibility index (Phi) is 3.58. The van der Waals surface area contributed by atoms with Crippen molar-refractivity contribution in [3.05, 3.63) is 0 Å². The third-order valence-electron chi connectivity index (χ3n) is 1.09. The maximum absolute atomic E-state index is 10.4. The molecular formula is C5H11ClN2O. The molecule has 0 spiro atoms. The van der Waals surface area contributed by atoms with Gasteiger partial charge in [0.15, 0.2) is 0 Å². The summed E-state index contributed by atoms with van der Waals surface area (Å²) in [6.07, 6.45) is 0. The van der Waals surface area contributed by atoms with E-state index in [0.717, 1.165) is 0 Å². The summed E-state index contributed by atoms with van der Waals surface area (Å²) in [7, 11) is 0. The summed E-state index contributed by atoms with van der Waals surface area (Å²) in [5, 5.41) is 0. The second-order valence-electron chi connectivity index (χ2n) is 2.23. The Labute approximate surface area is 59.7 Å². The van der Waals surface area contributed by atoms with E-state index in [9.17, 15) is 4.79 Å². The van der Waals surface area contributed by atoms with Gasteiger partial charge < -0.3 is 5.73 Å². The second kappa shape index (κ2) is 3.69. The molecule has 0 aromatic heterocycles. The van der Waals surface area contributed by atoms with Crippen LogP contribution in [0, 0.1) is 5.92 Å². The first kappa shape index (κ1) is 8.72. The molecule has 3 nitrogen and oxygen atoms in total. The van der Waals surface area contributed by atoms with Crippen LogP contribution in [0.4, 0.5) is 0 Å². The lowest BCUT2D eigenvalue weighted by atomic mass is 10.1. The highest BCUT2D eigenvalue weighted by molar-refractivity contribution is 6.15. The number of primary amides is 1. The minimum Gasteiger partial charge on any atom is -0.368 e. The summed E-state index contributed by atoms with van der Waals surface area (Å²) in [5.74, 6) is -0.278. The van der Waals surface area contributed by atoms with Crippen molar-refractivity contribution < 1.29 is 4.79 Å². The number of hydrogen-bond donors (Lipinski definition) is 2. The summed E-state index contributed by atoms with van der Waals surface area (Å²) in [4.78, 5) is 12.7. The number of amides is 1. The van der Waals surface area contributed by atoms with Gasteiger partial charge in [-0.3, -0.25) is 4.79 Å². The molecule has 54 valence electrons. The third kappa shape index (κ3) is 2.67. The van der Waals surface area contributed by atoms with E-state index in [4.69, 9.17) is 17.5 Å². The zero-order valence-corrected chi connectivity index (χ0v) is 6.27. The van der Waals surface area contributed by atoms with Gasteiger partial charge in [-0.1, -0.05) is 13.8 Å². The number of carbonyl (C=O) groups excluding carboxylic acids is 1. The van der Waals surface area contributed by atoms with Gasteiger partial charge in [-0.15, -0.1) is 0 Å². The van der Waals surface area contributed by atoms with E-state index in [1.807, 2.05) is 13.8 Å². The average molecular weight is 151 g/mol. The van der Waals surface area contributed by atoms with Crippen molar-refractivity contribution in [3.63, 3.8) is 0 Å². The van der Waals surface area contributed by atoms with Crippen molar-refractivity contribution in [2.75, 3.05) is 0 Å². The molecule has 0 fully saturated rings. The molecule has 0 aliphatic heterocycles. The third-order valence-corrected chi connectivity index (χ3v) is 1.33. The van der Waals surface area contributed by atoms with Crippen LogP contribution in [0.15, 0.2) is 0 Å². The molecule has 0 heterocycles. The van der Waals surface area contributed by atoms with E-state index < -0.39 is 11.9 Å². The van der Waals surface area contributed by atoms with Gasteiger partial charge >= 0.3 is 0 Å². The van der Waals surface area contributed by atoms with Gasteiger partial charge in [0, 0.05) is 0 Å². The molecule has 1 amide bonds. The van der Waals surface area contributed by atoms with Crippen molar-refractivity contribution in [1.29, 1.82) is 0 Å². The molecule has 9 heavy (non-hydrogen) atoms. The SMILES string of the molecule is CC(C)C(NCl)C(N)=O. The van der Waals surface area contributed by atoms with Crippen LogP contribution in [0.5, 0.6) is 0 Å². The zero-order chi connectivity index (χ0) is 7.44. The van der Waals surface area contributed by atoms with Crippen molar-refractivity contribution in [3.8, 4) is 0 Å². The summed E-state index contributed by atoms with van der Waals surface area (Å²) in [6, 6.07) is -0.424. The van der Waals surface area contributed by atoms with E-state index in [-0.39, 0.29) is 5.92 Å². The van der Waals surface area contributed by atoms with Gasteiger partial charge in [0.05, 0.1) is 0 Å². The number of hydrogen-bond acceptors (Lipinski definition) is 2. The molecule has 0 saturated heterocycles. The van der Waals surface area contributed by atoms with Gasteiger partial charge in [0.25, 0.3) is 0 Å². The zero-order valence-electron chi connectivity index (χ0n) is 5.52. The van der Waals surface area contributed by atoms with Gasteiger partial charge in [-0.2, -0.15) is 0 Å². The van der Waals surface area contributed by atoms with Gasteiger partial charge in [-0.25, -0.2) is 4.84 Å². The van der Waals surface area contributed by atoms with Crippen LogP contribution >= 0.6 is 11.8 Å². The predicted octanol–water partition coefficient (Wildman–Crippen LogP) is 0.240. The van der Waals surface area contributed by atoms with E-state index in [1.54, 1.807) is 0 Å². The van der Waals surface area contributed by atoms with Crippen molar-refractivity contribution >= 4 is 17.7 Å². The maximum atomic E-state index is 10.4. The molecule has 0 radical (unpaired) electrons. The molecule has 1 unspecified atom stereocenters. The first-order valence-electron chi connectivity index (χ1n) is 2.75. The highest BCUT2D eigenvalue weighted by Gasteiger charge is 2.16. The van der Waals surface area contributed by atoms with Crippen LogP contribution in [-0.2, 0) is 4.79 Å². The van der Waals surface area contributed by atoms with Crippen LogP contribution in [0.1, 0.15) is 13.8 Å². The molecule has 0 aromatic carbocycles. The first-order valence-corrected chi connectivity index (χ1v) is 3.13. The minimum absolute atomic E-state index is 0.139. The van der Waals surface area contributed by atoms with Gasteiger partial charge in [0.2, 0.25) is 5.91 Å². The first-order chi connectivity index (χ1) is 4.09. The predicted molar refractivity (Wildman–Crippen MR) is 36.8 cm³/mol. The highest BCUT2D eigenvalue weighted by Crippen LogP contribution is 2.00. The monoisotopic (exact) mass is 150 g/mol. The molecule has 0 aliphatic rings. The van der Waals surface area contributed by atoms with Crippen molar-refractivity contribution in [2.24, 2.45) is 11.7 Å². The quantitative estimate of drug-likeness (QED) is 0.567. The van der Waals surface area contributed by atoms with Gasteiger partial charge in [-0.05, 0) is 17.7 Å². The lowest BCUT2D eigenvalue weighted by Gasteiger charge is -2.13. The van der Waals surface area contributed by atoms with E-state index in [0.29, 0.717) is 0 Å². The lowest BCUT2D eigenvalue weighted by molar-refractivity contribution is -0.120. The Morgan fingerprint density at radius 1 is 1.67 bits per heavy atom. The molecule has 1 atom stereocenters. The Morgan fingerprint density at radius 3 is 2.11 bits per heavy atom. The van der Waals surface area contributed by atoms with Crippen molar-refractivity contribution in [1.82, 2.24) is 4.84 Å². The van der Waals surface area contributed by atoms with Crippen LogP contribution in [0.25, 0.3) is 0 Å². The largest absolute Gasteiger partial charge is 0.368 e. The number of halogens is 1. The van der Waals surface area contributed by atoms with Crippen LogP contribution < -0.4 is 10.6 Å². The van der Waals surface area contributed by atoms with E-state index >= 15 is 0 Å². The maximum Gasteiger partial charge on any atom is 0.236 e. The molecule has 0 saturated carbocycles. The molecular weight excluding hydrogens is 140 g/mol. The molecule has 4 heteroatoms. The fourth-order valence-electron chi connectivity index (χ4n) is 0.508. The molecule has 0 aliphatic carbocycles. The topological polar surface area (TPSA) is 55.1 Å². The minimum atomic E-state index is -0.424. The number of nitrogens with one attached hydrogen (secondary N) is 1. The number of rotatable bonds is 3. The van der Waals surface area contributed by atoms with Crippen LogP contribution in [0.2, 0.25) is 0 Å². The van der Waals surface area contributed by atoms with Gasteiger partial charge in [0.1, 0.15) is 6.04 Å². The molecule has 0 rings (SSSR count). The Hall–Kier alpha value is -0.280. The molecule has 0 aromatic rings. The second-order valence-corrected chi connectivity index (χ2v) is 2.45. The number of nitrogens with two attached hydrogens (primary N) is 1. The summed E-state index contributed by atoms with van der Waals surface area (Å²) in [6.45, 7) is 3.73. The normalized spacial score (nSPS) is 13.8. The summed E-state index contributed by atoms with van der Waals surface area (Å²) >= 11 is 5.21. The van der Waals surface area contributed by atoms with Crippen LogP contribution in [0.3, 0.4) is 0 Å². The fourth-order valence-corrected chi connectivity index (χ4v) is 0.868. The number of carbonyl (C=O) groups is 1. The fraction of sp³-hybridized carbons (Fsp3) is 0.800.